The summed E-state index contributed by atoms with van der Waals surface area (Å²) in [6.07, 6.45) is 17.4. The number of nitrogens with one attached hydrogen (secondary N) is 1. The van der Waals surface area contributed by atoms with Gasteiger partial charge in [0.05, 0.1) is 62.1 Å². The van der Waals surface area contributed by atoms with Gasteiger partial charge in [-0.1, -0.05) is 95.3 Å². The van der Waals surface area contributed by atoms with E-state index < -0.39 is 0 Å². The van der Waals surface area contributed by atoms with Gasteiger partial charge in [0.2, 0.25) is 11.8 Å². The molecule has 10 rings (SSSR count). The van der Waals surface area contributed by atoms with Crippen molar-refractivity contribution in [2.75, 3.05) is 9.80 Å². The van der Waals surface area contributed by atoms with E-state index in [-0.39, 0.29) is 130 Å². The fourth-order valence-corrected chi connectivity index (χ4v) is 7.27. The van der Waals surface area contributed by atoms with Gasteiger partial charge in [-0.15, -0.1) is 0 Å². The number of nitrogens with zero attached hydrogens (tertiary/aromatic N) is 13. The second kappa shape index (κ2) is 28.2. The number of hydrogen-bond donors (Lipinski definition) is 1. The van der Waals surface area contributed by atoms with Gasteiger partial charge in [0.25, 0.3) is 6.47 Å². The van der Waals surface area contributed by atoms with Crippen LogP contribution in [0, 0.1) is 0 Å². The van der Waals surface area contributed by atoms with Crippen molar-refractivity contribution in [2.24, 2.45) is 0 Å². The van der Waals surface area contributed by atoms with Crippen LogP contribution in [0.25, 0.3) is 28.6 Å². The van der Waals surface area contributed by atoms with Gasteiger partial charge < -0.3 is 11.6 Å². The van der Waals surface area contributed by atoms with Gasteiger partial charge >= 0.3 is 103 Å². The van der Waals surface area contributed by atoms with Gasteiger partial charge in [-0.05, 0) is 35.1 Å². The van der Waals surface area contributed by atoms with E-state index >= 15 is 0 Å². The third kappa shape index (κ3) is 14.8. The summed E-state index contributed by atoms with van der Waals surface area (Å²) < 4.78 is 1.64. The Morgan fingerprint density at radius 3 is 1.60 bits per heavy atom. The molecular weight excluding hydrogens is 966 g/mol. The molecule has 2 aliphatic heterocycles. The molecule has 0 saturated heterocycles. The molecule has 350 valence electrons. The maximum atomic E-state index is 12.7. The van der Waals surface area contributed by atoms with Gasteiger partial charge in [0, 0.05) is 59.4 Å². The molecule has 0 radical (unpaired) electrons. The number of fused-ring (bicyclic) bond motifs is 2. The van der Waals surface area contributed by atoms with Crippen molar-refractivity contribution in [3.8, 4) is 28.6 Å². The molecule has 0 atom stereocenters. The van der Waals surface area contributed by atoms with E-state index in [4.69, 9.17) is 31.6 Å². The molecule has 0 bridgehead atoms. The normalized spacial score (nSPS) is 11.8. The summed E-state index contributed by atoms with van der Waals surface area (Å²) in [5.74, 6) is 3.81. The minimum Gasteiger partial charge on any atom is -1.00 e. The predicted octanol–water partition coefficient (Wildman–Crippen LogP) is 0.733. The van der Waals surface area contributed by atoms with E-state index in [0.29, 0.717) is 83.4 Å². The summed E-state index contributed by atoms with van der Waals surface area (Å²) >= 11 is 5.79. The van der Waals surface area contributed by atoms with Crippen molar-refractivity contribution < 1.29 is 129 Å². The van der Waals surface area contributed by atoms with Crippen molar-refractivity contribution >= 4 is 41.5 Å². The number of anilines is 2. The number of rotatable bonds is 10. The van der Waals surface area contributed by atoms with Crippen LogP contribution >= 0.6 is 11.6 Å². The van der Waals surface area contributed by atoms with Crippen LogP contribution in [-0.4, -0.2) is 78.1 Å². The molecular formula is C48H49ClK2N14O5. The molecule has 0 unspecified atom stereocenters. The maximum Gasteiger partial charge on any atom is 1.00 e. The summed E-state index contributed by atoms with van der Waals surface area (Å²) in [6, 6.07) is 19.9. The number of carbonyl (C=O) groups is 3. The quantitative estimate of drug-likeness (QED) is 0.0860. The first-order chi connectivity index (χ1) is 32.5. The summed E-state index contributed by atoms with van der Waals surface area (Å²) in [4.78, 5) is 75.5. The first kappa shape index (κ1) is 57.7. The van der Waals surface area contributed by atoms with E-state index in [1.165, 1.54) is 17.3 Å². The Bertz CT molecular complexity index is 2900. The largest absolute Gasteiger partial charge is 1.00 e. The second-order valence-corrected chi connectivity index (χ2v) is 15.9. The van der Waals surface area contributed by atoms with Crippen LogP contribution in [0.1, 0.15) is 82.0 Å². The van der Waals surface area contributed by atoms with Crippen LogP contribution < -0.4 is 118 Å². The summed E-state index contributed by atoms with van der Waals surface area (Å²) in [6.45, 7) is 9.00. The van der Waals surface area contributed by atoms with Gasteiger partial charge in [0.15, 0.2) is 17.5 Å². The summed E-state index contributed by atoms with van der Waals surface area (Å²) in [5.41, 5.74) is 7.33. The Morgan fingerprint density at radius 1 is 0.700 bits per heavy atom. The van der Waals surface area contributed by atoms with Crippen LogP contribution in [-0.2, 0) is 45.2 Å². The number of halogens is 1. The van der Waals surface area contributed by atoms with E-state index in [9.17, 15) is 9.59 Å². The third-order valence-corrected chi connectivity index (χ3v) is 10.5. The zero-order valence-electron chi connectivity index (χ0n) is 39.8. The molecule has 19 nitrogen and oxygen atoms in total. The molecule has 2 aromatic carbocycles. The van der Waals surface area contributed by atoms with Gasteiger partial charge in [0.1, 0.15) is 16.8 Å². The van der Waals surface area contributed by atoms with E-state index in [1.807, 2.05) is 48.5 Å². The molecule has 8 heterocycles. The predicted molar refractivity (Wildman–Crippen MR) is 253 cm³/mol. The average molecular weight is 1020 g/mol. The minimum atomic E-state index is -0.181. The fraction of sp³-hybridized carbons (Fsp3) is 0.229. The van der Waals surface area contributed by atoms with E-state index in [2.05, 4.69) is 89.9 Å². The number of H-pyrrole nitrogens is 1. The smallest absolute Gasteiger partial charge is 1.00 e. The molecule has 0 fully saturated rings. The number of aromatic nitrogens is 12. The average Bonchev–Trinajstić information content (AvgIpc) is 4.21. The summed E-state index contributed by atoms with van der Waals surface area (Å²) in [7, 11) is 0. The maximum absolute atomic E-state index is 12.7. The Kier molecular flexibility index (Phi) is 23.3. The fourth-order valence-electron chi connectivity index (χ4n) is 7.17. The number of carbonyl (C=O) groups excluding carboxylic acids is 3. The van der Waals surface area contributed by atoms with Crippen LogP contribution in [0.5, 0.6) is 0 Å². The molecule has 2 amide bonds. The van der Waals surface area contributed by atoms with Gasteiger partial charge in [-0.3, -0.25) is 39.3 Å². The van der Waals surface area contributed by atoms with Crippen molar-refractivity contribution in [1.29, 1.82) is 0 Å². The topological polar surface area (TPSA) is 240 Å². The Balaban J connectivity index is 0.000000306. The van der Waals surface area contributed by atoms with Crippen LogP contribution in [0.3, 0.4) is 0 Å². The van der Waals surface area contributed by atoms with Crippen LogP contribution in [0.4, 0.5) is 11.6 Å². The van der Waals surface area contributed by atoms with Crippen molar-refractivity contribution in [1.82, 2.24) is 59.8 Å². The molecule has 70 heavy (non-hydrogen) atoms. The van der Waals surface area contributed by atoms with Crippen molar-refractivity contribution in [3.05, 3.63) is 161 Å². The molecule has 2 aliphatic rings. The Labute approximate surface area is 496 Å². The first-order valence-corrected chi connectivity index (χ1v) is 21.4. The molecule has 22 heteroatoms. The SMILES string of the molecule is C.CC(C)c1ccccc1-c1ncc2c(n1)N(Cc1cnc(-n3cccn3)cn1)C(=O)C2.CC(C)c1ccccc1-c1ncc2c(n1)N(Cc1cnc(Cl)cn1)C(=O)C2.O=CO[O-].[H-].[K+].[K+].c1cn[nH]c1. The van der Waals surface area contributed by atoms with E-state index in [1.54, 1.807) is 70.3 Å². The monoisotopic (exact) mass is 1010 g/mol. The zero-order chi connectivity index (χ0) is 47.3. The van der Waals surface area contributed by atoms with Crippen molar-refractivity contribution in [3.63, 3.8) is 0 Å². The molecule has 6 aromatic heterocycles. The Hall–Kier alpha value is -4.89. The van der Waals surface area contributed by atoms with Crippen LogP contribution in [0.15, 0.2) is 123 Å². The van der Waals surface area contributed by atoms with E-state index in [0.717, 1.165) is 22.3 Å². The molecule has 8 aromatic rings. The molecule has 0 spiro atoms. The van der Waals surface area contributed by atoms with Gasteiger partial charge in [-0.25, -0.2) is 34.6 Å². The second-order valence-electron chi connectivity index (χ2n) is 15.5. The van der Waals surface area contributed by atoms with Crippen LogP contribution in [0.2, 0.25) is 5.15 Å². The first-order valence-electron chi connectivity index (χ1n) is 21.0. The molecule has 0 saturated carbocycles. The number of hydrogen-bond acceptors (Lipinski definition) is 15. The third-order valence-electron chi connectivity index (χ3n) is 10.3. The summed E-state index contributed by atoms with van der Waals surface area (Å²) in [5, 5.41) is 19.1. The molecule has 1 N–H and O–H groups in total. The minimum absolute atomic E-state index is 0. The van der Waals surface area contributed by atoms with Gasteiger partial charge in [-0.2, -0.15) is 10.2 Å². The van der Waals surface area contributed by atoms with Crippen molar-refractivity contribution in [2.45, 2.75) is 72.9 Å². The molecule has 0 aliphatic carbocycles. The number of aromatic amines is 1. The Morgan fingerprint density at radius 2 is 1.21 bits per heavy atom. The standard InChI is InChI=1S/C23H21N7O.C20H18ClN5O.C3H4N2.CH2O3.CH4.2K.H/c1-15(2)18-6-3-4-7-19(18)22-26-11-16-10-21(31)29(23(16)28-22)14-17-12-25-20(13-24-17)30-9-5-8-27-30;1-12(2)15-5-3-4-6-16(15)19-24-8-13-7-18(27)26(20(13)25-19)11-14-9-23-17(21)10-22-14;1-2-4-5-3-1;2-1-4-3;;;;/h3-9,11-13,15H,10,14H2,1-2H3;3-6,8-10,12H,7,11H2,1-2H3;1-3H,(H,4,5);1,3H;1H4;;;/q;;;;;2*+1;-1/p-1. The number of amides is 2. The number of benzene rings is 2. The zero-order valence-corrected chi connectivity index (χ0v) is 45.8.